The number of rotatable bonds is 3. The summed E-state index contributed by atoms with van der Waals surface area (Å²) in [6.45, 7) is 2.79. The van der Waals surface area contributed by atoms with Crippen molar-refractivity contribution in [3.8, 4) is 0 Å². The van der Waals surface area contributed by atoms with Gasteiger partial charge in [0.1, 0.15) is 0 Å². The Morgan fingerprint density at radius 3 is 3.00 bits per heavy atom. The summed E-state index contributed by atoms with van der Waals surface area (Å²) in [5.74, 6) is 0.0713. The third-order valence-electron chi connectivity index (χ3n) is 2.72. The zero-order valence-electron chi connectivity index (χ0n) is 9.66. The van der Waals surface area contributed by atoms with Gasteiger partial charge in [0.2, 0.25) is 5.91 Å². The van der Waals surface area contributed by atoms with Gasteiger partial charge in [0.25, 0.3) is 0 Å². The number of hydrogen-bond donors (Lipinski definition) is 2. The van der Waals surface area contributed by atoms with Crippen LogP contribution in [-0.4, -0.2) is 25.5 Å². The highest BCUT2D eigenvalue weighted by atomic mass is 16.1. The number of fused-ring (bicyclic) bond motifs is 1. The van der Waals surface area contributed by atoms with E-state index in [0.717, 1.165) is 23.5 Å². The fraction of sp³-hybridized carbons (Fsp3) is 0.417. The predicted octanol–water partition coefficient (Wildman–Crippen LogP) is 0.965. The molecule has 1 amide bonds. The van der Waals surface area contributed by atoms with Crippen molar-refractivity contribution in [3.05, 3.63) is 23.8 Å². The molecule has 0 saturated carbocycles. The highest BCUT2D eigenvalue weighted by molar-refractivity contribution is 5.99. The molecule has 1 aliphatic rings. The van der Waals surface area contributed by atoms with Gasteiger partial charge in [-0.25, -0.2) is 0 Å². The van der Waals surface area contributed by atoms with E-state index in [-0.39, 0.29) is 11.9 Å². The Hall–Kier alpha value is -1.55. The van der Waals surface area contributed by atoms with Gasteiger partial charge >= 0.3 is 0 Å². The smallest absolute Gasteiger partial charge is 0.228 e. The molecule has 1 heterocycles. The number of nitrogens with two attached hydrogens (primary N) is 1. The maximum absolute atomic E-state index is 11.2. The molecule has 2 rings (SSSR count). The maximum Gasteiger partial charge on any atom is 0.228 e. The number of anilines is 2. The van der Waals surface area contributed by atoms with Crippen LogP contribution in [0.3, 0.4) is 0 Å². The Kier molecular flexibility index (Phi) is 2.83. The molecular weight excluding hydrogens is 202 g/mol. The van der Waals surface area contributed by atoms with E-state index >= 15 is 0 Å². The van der Waals surface area contributed by atoms with E-state index in [1.54, 1.807) is 0 Å². The van der Waals surface area contributed by atoms with Crippen LogP contribution in [-0.2, 0) is 11.2 Å². The third kappa shape index (κ3) is 2.17. The van der Waals surface area contributed by atoms with Crippen LogP contribution in [0, 0.1) is 0 Å². The Morgan fingerprint density at radius 1 is 1.56 bits per heavy atom. The molecule has 4 heteroatoms. The van der Waals surface area contributed by atoms with Crippen molar-refractivity contribution in [2.75, 3.05) is 23.8 Å². The number of carbonyl (C=O) groups is 1. The van der Waals surface area contributed by atoms with Gasteiger partial charge in [-0.2, -0.15) is 0 Å². The van der Waals surface area contributed by atoms with Crippen LogP contribution in [0.2, 0.25) is 0 Å². The molecule has 16 heavy (non-hydrogen) atoms. The predicted molar refractivity (Wildman–Crippen MR) is 65.7 cm³/mol. The minimum Gasteiger partial charge on any atom is -0.373 e. The van der Waals surface area contributed by atoms with E-state index in [0.29, 0.717) is 6.42 Å². The molecule has 1 aromatic rings. The minimum absolute atomic E-state index is 0.0713. The molecule has 0 radical (unpaired) electrons. The highest BCUT2D eigenvalue weighted by Crippen LogP contribution is 2.27. The quantitative estimate of drug-likeness (QED) is 0.796. The number of nitrogens with one attached hydrogen (secondary N) is 1. The van der Waals surface area contributed by atoms with Crippen LogP contribution in [0.25, 0.3) is 0 Å². The van der Waals surface area contributed by atoms with Crippen molar-refractivity contribution in [3.63, 3.8) is 0 Å². The molecule has 1 unspecified atom stereocenters. The van der Waals surface area contributed by atoms with Gasteiger partial charge in [-0.3, -0.25) is 4.79 Å². The van der Waals surface area contributed by atoms with Gasteiger partial charge < -0.3 is 16.0 Å². The van der Waals surface area contributed by atoms with E-state index < -0.39 is 0 Å². The average molecular weight is 219 g/mol. The van der Waals surface area contributed by atoms with E-state index in [1.165, 1.54) is 0 Å². The monoisotopic (exact) mass is 219 g/mol. The summed E-state index contributed by atoms with van der Waals surface area (Å²) in [5.41, 5.74) is 8.86. The van der Waals surface area contributed by atoms with Crippen molar-refractivity contribution in [2.24, 2.45) is 5.73 Å². The number of hydrogen-bond acceptors (Lipinski definition) is 3. The summed E-state index contributed by atoms with van der Waals surface area (Å²) in [7, 11) is 2.01. The Bertz CT molecular complexity index is 415. The second-order valence-electron chi connectivity index (χ2n) is 4.42. The van der Waals surface area contributed by atoms with Crippen LogP contribution in [0.15, 0.2) is 18.2 Å². The van der Waals surface area contributed by atoms with Crippen molar-refractivity contribution < 1.29 is 4.79 Å². The van der Waals surface area contributed by atoms with Gasteiger partial charge in [-0.15, -0.1) is 0 Å². The van der Waals surface area contributed by atoms with Crippen LogP contribution < -0.4 is 16.0 Å². The van der Waals surface area contributed by atoms with Gasteiger partial charge in [0.15, 0.2) is 0 Å². The second kappa shape index (κ2) is 4.14. The molecule has 0 saturated heterocycles. The lowest BCUT2D eigenvalue weighted by Crippen LogP contribution is -2.32. The Labute approximate surface area is 95.4 Å². The molecule has 1 aliphatic heterocycles. The van der Waals surface area contributed by atoms with Crippen LogP contribution in [0.4, 0.5) is 11.4 Å². The molecular formula is C12H17N3O. The fourth-order valence-electron chi connectivity index (χ4n) is 1.99. The lowest BCUT2D eigenvalue weighted by atomic mass is 10.1. The van der Waals surface area contributed by atoms with Crippen molar-refractivity contribution >= 4 is 17.3 Å². The average Bonchev–Trinajstić information content (AvgIpc) is 2.55. The standard InChI is InChI=1S/C12H17N3O/c1-8(13)7-15(2)10-3-4-11-9(5-10)6-12(16)14-11/h3-5,8H,6-7,13H2,1-2H3,(H,14,16). The molecule has 86 valence electrons. The van der Waals surface area contributed by atoms with Crippen molar-refractivity contribution in [2.45, 2.75) is 19.4 Å². The summed E-state index contributed by atoms with van der Waals surface area (Å²) in [4.78, 5) is 13.3. The van der Waals surface area contributed by atoms with Crippen LogP contribution in [0.5, 0.6) is 0 Å². The lowest BCUT2D eigenvalue weighted by Gasteiger charge is -2.21. The summed E-state index contributed by atoms with van der Waals surface area (Å²) in [5, 5.41) is 2.82. The number of amides is 1. The first-order valence-corrected chi connectivity index (χ1v) is 5.46. The van der Waals surface area contributed by atoms with Gasteiger partial charge in [-0.05, 0) is 30.7 Å². The zero-order valence-corrected chi connectivity index (χ0v) is 9.66. The number of likely N-dealkylation sites (N-methyl/N-ethyl adjacent to an activating group) is 1. The Balaban J connectivity index is 2.19. The van der Waals surface area contributed by atoms with Crippen molar-refractivity contribution in [1.82, 2.24) is 0 Å². The van der Waals surface area contributed by atoms with Gasteiger partial charge in [0.05, 0.1) is 6.42 Å². The van der Waals surface area contributed by atoms with E-state index in [2.05, 4.69) is 16.3 Å². The molecule has 0 aliphatic carbocycles. The van der Waals surface area contributed by atoms with E-state index in [1.807, 2.05) is 26.1 Å². The van der Waals surface area contributed by atoms with E-state index in [9.17, 15) is 4.79 Å². The molecule has 1 atom stereocenters. The van der Waals surface area contributed by atoms with Crippen LogP contribution >= 0.6 is 0 Å². The normalized spacial score (nSPS) is 15.6. The molecule has 0 spiro atoms. The lowest BCUT2D eigenvalue weighted by molar-refractivity contribution is -0.115. The number of nitrogens with zero attached hydrogens (tertiary/aromatic N) is 1. The maximum atomic E-state index is 11.2. The first kappa shape index (κ1) is 11.0. The molecule has 4 nitrogen and oxygen atoms in total. The molecule has 0 fully saturated rings. The minimum atomic E-state index is 0.0713. The first-order chi connectivity index (χ1) is 7.56. The molecule has 0 aromatic heterocycles. The number of carbonyl (C=O) groups excluding carboxylic acids is 1. The highest BCUT2D eigenvalue weighted by Gasteiger charge is 2.18. The molecule has 0 bridgehead atoms. The van der Waals surface area contributed by atoms with Crippen molar-refractivity contribution in [1.29, 1.82) is 0 Å². The molecule has 3 N–H and O–H groups in total. The summed E-state index contributed by atoms with van der Waals surface area (Å²) >= 11 is 0. The first-order valence-electron chi connectivity index (χ1n) is 5.46. The molecule has 1 aromatic carbocycles. The summed E-state index contributed by atoms with van der Waals surface area (Å²) in [6.07, 6.45) is 0.481. The second-order valence-corrected chi connectivity index (χ2v) is 4.42. The van der Waals surface area contributed by atoms with E-state index in [4.69, 9.17) is 5.73 Å². The van der Waals surface area contributed by atoms with Crippen LogP contribution in [0.1, 0.15) is 12.5 Å². The summed E-state index contributed by atoms with van der Waals surface area (Å²) in [6, 6.07) is 6.15. The fourth-order valence-corrected chi connectivity index (χ4v) is 1.99. The Morgan fingerprint density at radius 2 is 2.31 bits per heavy atom. The zero-order chi connectivity index (χ0) is 11.7. The van der Waals surface area contributed by atoms with Gasteiger partial charge in [-0.1, -0.05) is 0 Å². The van der Waals surface area contributed by atoms with Gasteiger partial charge in [0, 0.05) is 31.0 Å². The third-order valence-corrected chi connectivity index (χ3v) is 2.72. The SMILES string of the molecule is CC(N)CN(C)c1ccc2c(c1)CC(=O)N2. The largest absolute Gasteiger partial charge is 0.373 e. The summed E-state index contributed by atoms with van der Waals surface area (Å²) < 4.78 is 0. The number of benzene rings is 1. The topological polar surface area (TPSA) is 58.4 Å².